The van der Waals surface area contributed by atoms with E-state index in [2.05, 4.69) is 17.1 Å². The largest absolute Gasteiger partial charge is 0.385 e. The Morgan fingerprint density at radius 1 is 1.35 bits per heavy atom. The number of amides is 1. The van der Waals surface area contributed by atoms with Gasteiger partial charge in [-0.1, -0.05) is 13.3 Å². The maximum atomic E-state index is 11.6. The third kappa shape index (κ3) is 6.03. The molecular formula is C13H26N2O2. The van der Waals surface area contributed by atoms with E-state index in [9.17, 15) is 4.79 Å². The number of ether oxygens (including phenoxy) is 1. The van der Waals surface area contributed by atoms with Crippen molar-refractivity contribution in [3.05, 3.63) is 0 Å². The number of unbranched alkanes of at least 4 members (excludes halogenated alkanes) is 2. The van der Waals surface area contributed by atoms with Gasteiger partial charge in [0.05, 0.1) is 6.04 Å². The normalized spacial score (nSPS) is 16.8. The maximum Gasteiger partial charge on any atom is 0.220 e. The Kier molecular flexibility index (Phi) is 7.21. The van der Waals surface area contributed by atoms with Gasteiger partial charge < -0.3 is 10.1 Å². The molecule has 0 aliphatic carbocycles. The Labute approximate surface area is 105 Å². The molecule has 0 aromatic heterocycles. The Morgan fingerprint density at radius 2 is 2.12 bits per heavy atom. The van der Waals surface area contributed by atoms with E-state index in [0.29, 0.717) is 12.5 Å². The number of hydrogen-bond acceptors (Lipinski definition) is 3. The fourth-order valence-corrected chi connectivity index (χ4v) is 2.17. The minimum absolute atomic E-state index is 0.212. The molecule has 0 radical (unpaired) electrons. The second kappa shape index (κ2) is 8.48. The molecule has 1 aliphatic heterocycles. The summed E-state index contributed by atoms with van der Waals surface area (Å²) >= 11 is 0. The summed E-state index contributed by atoms with van der Waals surface area (Å²) in [7, 11) is 1.71. The fraction of sp³-hybridized carbons (Fsp3) is 0.923. The van der Waals surface area contributed by atoms with Crippen LogP contribution < -0.4 is 5.32 Å². The number of methoxy groups -OCH3 is 1. The number of carbonyl (C=O) groups excluding carboxylic acids is 1. The highest BCUT2D eigenvalue weighted by Crippen LogP contribution is 2.08. The predicted octanol–water partition coefficient (Wildman–Crippen LogP) is 1.40. The zero-order chi connectivity index (χ0) is 12.5. The summed E-state index contributed by atoms with van der Waals surface area (Å²) in [5.41, 5.74) is 0. The highest BCUT2D eigenvalue weighted by Gasteiger charge is 2.26. The summed E-state index contributed by atoms with van der Waals surface area (Å²) in [6.07, 6.45) is 4.96. The maximum absolute atomic E-state index is 11.6. The lowest BCUT2D eigenvalue weighted by molar-refractivity contribution is -0.123. The van der Waals surface area contributed by atoms with Crippen molar-refractivity contribution in [2.24, 2.45) is 0 Å². The lowest BCUT2D eigenvalue weighted by Gasteiger charge is -2.39. The molecule has 0 saturated carbocycles. The molecule has 0 atom stereocenters. The molecule has 0 bridgehead atoms. The van der Waals surface area contributed by atoms with Gasteiger partial charge in [-0.2, -0.15) is 0 Å². The van der Waals surface area contributed by atoms with Crippen LogP contribution in [0.2, 0.25) is 0 Å². The second-order valence-electron chi connectivity index (χ2n) is 4.83. The van der Waals surface area contributed by atoms with Crippen molar-refractivity contribution in [3.8, 4) is 0 Å². The third-order valence-corrected chi connectivity index (χ3v) is 3.11. The van der Waals surface area contributed by atoms with Crippen molar-refractivity contribution in [2.75, 3.05) is 33.4 Å². The van der Waals surface area contributed by atoms with Gasteiger partial charge in [0.25, 0.3) is 0 Å². The molecular weight excluding hydrogens is 216 g/mol. The van der Waals surface area contributed by atoms with E-state index < -0.39 is 0 Å². The average molecular weight is 242 g/mol. The van der Waals surface area contributed by atoms with Crippen molar-refractivity contribution in [1.29, 1.82) is 0 Å². The Bertz CT molecular complexity index is 215. The molecule has 4 nitrogen and oxygen atoms in total. The summed E-state index contributed by atoms with van der Waals surface area (Å²) in [5.74, 6) is 0.212. The molecule has 1 fully saturated rings. The van der Waals surface area contributed by atoms with Crippen molar-refractivity contribution in [3.63, 3.8) is 0 Å². The number of likely N-dealkylation sites (tertiary alicyclic amines) is 1. The van der Waals surface area contributed by atoms with Crippen LogP contribution in [0.15, 0.2) is 0 Å². The van der Waals surface area contributed by atoms with E-state index in [1.165, 1.54) is 6.42 Å². The van der Waals surface area contributed by atoms with Crippen molar-refractivity contribution >= 4 is 5.91 Å². The van der Waals surface area contributed by atoms with E-state index >= 15 is 0 Å². The van der Waals surface area contributed by atoms with Gasteiger partial charge in [-0.3, -0.25) is 9.69 Å². The van der Waals surface area contributed by atoms with Gasteiger partial charge in [-0.25, -0.2) is 0 Å². The summed E-state index contributed by atoms with van der Waals surface area (Å²) in [5, 5.41) is 3.08. The van der Waals surface area contributed by atoms with Gasteiger partial charge in [0, 0.05) is 33.2 Å². The third-order valence-electron chi connectivity index (χ3n) is 3.11. The van der Waals surface area contributed by atoms with Crippen LogP contribution in [-0.4, -0.2) is 50.2 Å². The van der Waals surface area contributed by atoms with Gasteiger partial charge in [0.2, 0.25) is 5.91 Å². The van der Waals surface area contributed by atoms with Gasteiger partial charge in [-0.05, 0) is 25.8 Å². The molecule has 1 heterocycles. The van der Waals surface area contributed by atoms with Crippen LogP contribution in [0.3, 0.4) is 0 Å². The quantitative estimate of drug-likeness (QED) is 0.621. The van der Waals surface area contributed by atoms with Crippen molar-refractivity contribution < 1.29 is 9.53 Å². The summed E-state index contributed by atoms with van der Waals surface area (Å²) in [6.45, 7) is 6.21. The zero-order valence-electron chi connectivity index (χ0n) is 11.2. The van der Waals surface area contributed by atoms with Crippen LogP contribution in [0.4, 0.5) is 0 Å². The average Bonchev–Trinajstić information content (AvgIpc) is 2.26. The highest BCUT2D eigenvalue weighted by molar-refractivity contribution is 5.76. The molecule has 0 unspecified atom stereocenters. The lowest BCUT2D eigenvalue weighted by atomic mass is 10.1. The smallest absolute Gasteiger partial charge is 0.220 e. The first-order chi connectivity index (χ1) is 8.26. The summed E-state index contributed by atoms with van der Waals surface area (Å²) in [4.78, 5) is 14.0. The minimum Gasteiger partial charge on any atom is -0.385 e. The van der Waals surface area contributed by atoms with Gasteiger partial charge >= 0.3 is 0 Å². The predicted molar refractivity (Wildman–Crippen MR) is 69.0 cm³/mol. The molecule has 4 heteroatoms. The standard InChI is InChI=1S/C13H26N2O2/c1-3-8-15-10-12(11-15)14-13(16)7-5-4-6-9-17-2/h12H,3-11H2,1-2H3,(H,14,16). The molecule has 17 heavy (non-hydrogen) atoms. The number of carbonyl (C=O) groups is 1. The van der Waals surface area contributed by atoms with Gasteiger partial charge in [-0.15, -0.1) is 0 Å². The number of rotatable bonds is 9. The lowest BCUT2D eigenvalue weighted by Crippen LogP contribution is -2.59. The fourth-order valence-electron chi connectivity index (χ4n) is 2.17. The first kappa shape index (κ1) is 14.5. The number of hydrogen-bond donors (Lipinski definition) is 1. The number of nitrogens with zero attached hydrogens (tertiary/aromatic N) is 1. The first-order valence-electron chi connectivity index (χ1n) is 6.77. The van der Waals surface area contributed by atoms with Crippen molar-refractivity contribution in [2.45, 2.75) is 45.1 Å². The SMILES string of the molecule is CCCN1CC(NC(=O)CCCCCOC)C1. The minimum atomic E-state index is 0.212. The van der Waals surface area contributed by atoms with E-state index in [-0.39, 0.29) is 5.91 Å². The van der Waals surface area contributed by atoms with E-state index in [0.717, 1.165) is 45.5 Å². The Balaban J connectivity index is 1.92. The van der Waals surface area contributed by atoms with Gasteiger partial charge in [0.15, 0.2) is 0 Å². The summed E-state index contributed by atoms with van der Waals surface area (Å²) in [6, 6.07) is 0.396. The number of nitrogens with one attached hydrogen (secondary N) is 1. The molecule has 100 valence electrons. The topological polar surface area (TPSA) is 41.6 Å². The van der Waals surface area contributed by atoms with Crippen LogP contribution in [0.5, 0.6) is 0 Å². The molecule has 0 aromatic carbocycles. The molecule has 0 spiro atoms. The molecule has 1 amide bonds. The zero-order valence-corrected chi connectivity index (χ0v) is 11.2. The van der Waals surface area contributed by atoms with Crippen LogP contribution in [0, 0.1) is 0 Å². The van der Waals surface area contributed by atoms with Crippen LogP contribution >= 0.6 is 0 Å². The molecule has 0 aromatic rings. The van der Waals surface area contributed by atoms with Crippen LogP contribution in [-0.2, 0) is 9.53 Å². The van der Waals surface area contributed by atoms with E-state index in [4.69, 9.17) is 4.74 Å². The van der Waals surface area contributed by atoms with Crippen LogP contribution in [0.25, 0.3) is 0 Å². The Hall–Kier alpha value is -0.610. The van der Waals surface area contributed by atoms with E-state index in [1.807, 2.05) is 0 Å². The molecule has 1 N–H and O–H groups in total. The van der Waals surface area contributed by atoms with E-state index in [1.54, 1.807) is 7.11 Å². The first-order valence-corrected chi connectivity index (χ1v) is 6.77. The van der Waals surface area contributed by atoms with Crippen molar-refractivity contribution in [1.82, 2.24) is 10.2 Å². The molecule has 1 rings (SSSR count). The molecule has 1 saturated heterocycles. The van der Waals surface area contributed by atoms with Gasteiger partial charge in [0.1, 0.15) is 0 Å². The monoisotopic (exact) mass is 242 g/mol. The molecule has 1 aliphatic rings. The highest BCUT2D eigenvalue weighted by atomic mass is 16.5. The second-order valence-corrected chi connectivity index (χ2v) is 4.83. The van der Waals surface area contributed by atoms with Crippen LogP contribution in [0.1, 0.15) is 39.0 Å². The summed E-state index contributed by atoms with van der Waals surface area (Å²) < 4.78 is 4.97. The Morgan fingerprint density at radius 3 is 2.76 bits per heavy atom.